The van der Waals surface area contributed by atoms with Crippen LogP contribution >= 0.6 is 0 Å². The van der Waals surface area contributed by atoms with Crippen LogP contribution in [0.1, 0.15) is 27.2 Å². The third-order valence-electron chi connectivity index (χ3n) is 2.98. The van der Waals surface area contributed by atoms with Crippen LogP contribution in [0.25, 0.3) is 0 Å². The van der Waals surface area contributed by atoms with Crippen molar-refractivity contribution in [2.24, 2.45) is 11.7 Å². The fourth-order valence-electron chi connectivity index (χ4n) is 1.63. The summed E-state index contributed by atoms with van der Waals surface area (Å²) in [6, 6.07) is 0. The Kier molecular flexibility index (Phi) is 2.76. The molecule has 0 spiro atoms. The van der Waals surface area contributed by atoms with Crippen LogP contribution in [0, 0.1) is 5.92 Å². The van der Waals surface area contributed by atoms with Crippen LogP contribution in [0.5, 0.6) is 0 Å². The third kappa shape index (κ3) is 1.79. The second kappa shape index (κ2) is 3.32. The summed E-state index contributed by atoms with van der Waals surface area (Å²) in [5.41, 5.74) is 5.95. The highest BCUT2D eigenvalue weighted by Gasteiger charge is 2.39. The van der Waals surface area contributed by atoms with Gasteiger partial charge in [-0.2, -0.15) is 0 Å². The summed E-state index contributed by atoms with van der Waals surface area (Å²) in [4.78, 5) is 0. The number of methoxy groups -OCH3 is 1. The zero-order valence-electron chi connectivity index (χ0n) is 8.33. The summed E-state index contributed by atoms with van der Waals surface area (Å²) < 4.78 is 10.7. The van der Waals surface area contributed by atoms with Crippen molar-refractivity contribution in [2.45, 2.75) is 45.1 Å². The van der Waals surface area contributed by atoms with Gasteiger partial charge in [-0.3, -0.25) is 0 Å². The second-order valence-corrected chi connectivity index (χ2v) is 4.01. The Morgan fingerprint density at radius 2 is 2.08 bits per heavy atom. The zero-order valence-corrected chi connectivity index (χ0v) is 8.33. The van der Waals surface area contributed by atoms with Crippen LogP contribution in [0.4, 0.5) is 0 Å². The molecule has 72 valence electrons. The van der Waals surface area contributed by atoms with E-state index in [1.807, 2.05) is 6.92 Å². The summed E-state index contributed by atoms with van der Waals surface area (Å²) in [7, 11) is 1.66. The third-order valence-corrected chi connectivity index (χ3v) is 2.98. The molecule has 1 rings (SSSR count). The van der Waals surface area contributed by atoms with Crippen molar-refractivity contribution in [1.82, 2.24) is 0 Å². The molecule has 1 aliphatic rings. The highest BCUT2D eigenvalue weighted by molar-refractivity contribution is 4.92. The van der Waals surface area contributed by atoms with Crippen molar-refractivity contribution >= 4 is 0 Å². The fraction of sp³-hybridized carbons (Fsp3) is 1.00. The van der Waals surface area contributed by atoms with Crippen molar-refractivity contribution in [3.63, 3.8) is 0 Å². The molecule has 1 fully saturated rings. The lowest BCUT2D eigenvalue weighted by atomic mass is 9.79. The van der Waals surface area contributed by atoms with Crippen molar-refractivity contribution in [1.29, 1.82) is 0 Å². The topological polar surface area (TPSA) is 44.5 Å². The molecule has 1 heterocycles. The van der Waals surface area contributed by atoms with Crippen molar-refractivity contribution in [2.75, 3.05) is 7.11 Å². The molecule has 0 amide bonds. The molecular formula is C9H19NO2. The van der Waals surface area contributed by atoms with E-state index in [1.165, 1.54) is 0 Å². The normalized spacial score (nSPS) is 49.2. The van der Waals surface area contributed by atoms with Gasteiger partial charge in [0.05, 0.1) is 6.10 Å². The Bertz CT molecular complexity index is 159. The minimum absolute atomic E-state index is 0.133. The lowest BCUT2D eigenvalue weighted by Crippen LogP contribution is -2.55. The van der Waals surface area contributed by atoms with Crippen LogP contribution in [0.2, 0.25) is 0 Å². The maximum Gasteiger partial charge on any atom is 0.159 e. The summed E-state index contributed by atoms with van der Waals surface area (Å²) in [5, 5.41) is 0. The molecule has 4 atom stereocenters. The summed E-state index contributed by atoms with van der Waals surface area (Å²) in [5.74, 6) is 0.379. The molecule has 1 aliphatic heterocycles. The molecule has 0 bridgehead atoms. The largest absolute Gasteiger partial charge is 0.356 e. The maximum absolute atomic E-state index is 6.12. The Hall–Kier alpha value is -0.120. The molecule has 1 saturated heterocycles. The molecule has 2 N–H and O–H groups in total. The Balaban J connectivity index is 2.65. The molecule has 0 aromatic rings. The van der Waals surface area contributed by atoms with Gasteiger partial charge in [-0.25, -0.2) is 0 Å². The van der Waals surface area contributed by atoms with Crippen molar-refractivity contribution in [3.05, 3.63) is 0 Å². The van der Waals surface area contributed by atoms with E-state index in [0.717, 1.165) is 6.42 Å². The molecular weight excluding hydrogens is 154 g/mol. The van der Waals surface area contributed by atoms with Crippen LogP contribution in [0.3, 0.4) is 0 Å². The van der Waals surface area contributed by atoms with Gasteiger partial charge in [0.25, 0.3) is 0 Å². The Labute approximate surface area is 74.2 Å². The van der Waals surface area contributed by atoms with E-state index in [9.17, 15) is 0 Å². The predicted octanol–water partition coefficient (Wildman–Crippen LogP) is 1.12. The SMILES string of the molecule is CO[C@H]1C[C@@](C)(N)[C@@H](C)[C@H](C)O1. The van der Waals surface area contributed by atoms with E-state index in [2.05, 4.69) is 13.8 Å². The van der Waals surface area contributed by atoms with E-state index in [4.69, 9.17) is 15.2 Å². The lowest BCUT2D eigenvalue weighted by molar-refractivity contribution is -0.208. The zero-order chi connectivity index (χ0) is 9.35. The molecule has 0 aromatic heterocycles. The average Bonchev–Trinajstić information content (AvgIpc) is 1.99. The van der Waals surface area contributed by atoms with E-state index in [-0.39, 0.29) is 17.9 Å². The van der Waals surface area contributed by atoms with E-state index < -0.39 is 0 Å². The predicted molar refractivity (Wildman–Crippen MR) is 47.7 cm³/mol. The monoisotopic (exact) mass is 173 g/mol. The Morgan fingerprint density at radius 1 is 1.50 bits per heavy atom. The van der Waals surface area contributed by atoms with E-state index in [1.54, 1.807) is 7.11 Å². The first-order valence-electron chi connectivity index (χ1n) is 4.44. The molecule has 0 unspecified atom stereocenters. The number of rotatable bonds is 1. The smallest absolute Gasteiger partial charge is 0.159 e. The van der Waals surface area contributed by atoms with Crippen LogP contribution in [0.15, 0.2) is 0 Å². The minimum atomic E-state index is -0.168. The Morgan fingerprint density at radius 3 is 2.50 bits per heavy atom. The van der Waals surface area contributed by atoms with Gasteiger partial charge in [0.2, 0.25) is 0 Å². The number of hydrogen-bond donors (Lipinski definition) is 1. The highest BCUT2D eigenvalue weighted by atomic mass is 16.7. The van der Waals surface area contributed by atoms with Gasteiger partial charge in [-0.1, -0.05) is 6.92 Å². The highest BCUT2D eigenvalue weighted by Crippen LogP contribution is 2.31. The summed E-state index contributed by atoms with van der Waals surface area (Å²) in [6.07, 6.45) is 0.819. The first kappa shape index (κ1) is 9.96. The molecule has 0 radical (unpaired) electrons. The van der Waals surface area contributed by atoms with Crippen LogP contribution in [-0.4, -0.2) is 25.0 Å². The van der Waals surface area contributed by atoms with Gasteiger partial charge in [-0.15, -0.1) is 0 Å². The van der Waals surface area contributed by atoms with Gasteiger partial charge < -0.3 is 15.2 Å². The molecule has 0 aliphatic carbocycles. The lowest BCUT2D eigenvalue weighted by Gasteiger charge is -2.43. The fourth-order valence-corrected chi connectivity index (χ4v) is 1.63. The van der Waals surface area contributed by atoms with Crippen molar-refractivity contribution < 1.29 is 9.47 Å². The van der Waals surface area contributed by atoms with Gasteiger partial charge in [0.1, 0.15) is 0 Å². The van der Waals surface area contributed by atoms with Crippen molar-refractivity contribution in [3.8, 4) is 0 Å². The van der Waals surface area contributed by atoms with Gasteiger partial charge >= 0.3 is 0 Å². The maximum atomic E-state index is 6.12. The average molecular weight is 173 g/mol. The van der Waals surface area contributed by atoms with E-state index >= 15 is 0 Å². The molecule has 12 heavy (non-hydrogen) atoms. The number of hydrogen-bond acceptors (Lipinski definition) is 3. The number of ether oxygens (including phenoxy) is 2. The number of nitrogens with two attached hydrogens (primary N) is 1. The quantitative estimate of drug-likeness (QED) is 0.646. The molecule has 3 heteroatoms. The van der Waals surface area contributed by atoms with Gasteiger partial charge in [0.15, 0.2) is 6.29 Å². The van der Waals surface area contributed by atoms with Crippen LogP contribution < -0.4 is 5.73 Å². The molecule has 0 aromatic carbocycles. The second-order valence-electron chi connectivity index (χ2n) is 4.01. The minimum Gasteiger partial charge on any atom is -0.356 e. The van der Waals surface area contributed by atoms with Gasteiger partial charge in [0, 0.05) is 25.0 Å². The van der Waals surface area contributed by atoms with Gasteiger partial charge in [-0.05, 0) is 13.8 Å². The summed E-state index contributed by atoms with van der Waals surface area (Å²) in [6.45, 7) is 6.22. The van der Waals surface area contributed by atoms with Crippen LogP contribution in [-0.2, 0) is 9.47 Å². The molecule has 0 saturated carbocycles. The molecule has 3 nitrogen and oxygen atoms in total. The summed E-state index contributed by atoms with van der Waals surface area (Å²) >= 11 is 0. The standard InChI is InChI=1S/C9H19NO2/c1-6-7(2)12-8(11-4)5-9(6,3)10/h6-8H,5,10H2,1-4H3/t6-,7-,8+,9+/m0/s1. The first-order chi connectivity index (χ1) is 5.47. The van der Waals surface area contributed by atoms with E-state index in [0.29, 0.717) is 5.92 Å². The first-order valence-corrected chi connectivity index (χ1v) is 4.44.